The highest BCUT2D eigenvalue weighted by molar-refractivity contribution is 8.22. The van der Waals surface area contributed by atoms with Gasteiger partial charge in [0.1, 0.15) is 0 Å². The van der Waals surface area contributed by atoms with E-state index in [0.717, 1.165) is 23.7 Å². The fourth-order valence-corrected chi connectivity index (χ4v) is 3.18. The number of rotatable bonds is 8. The number of ether oxygens (including phenoxy) is 1. The topological polar surface area (TPSA) is 9.23 Å². The first-order chi connectivity index (χ1) is 9.80. The van der Waals surface area contributed by atoms with E-state index in [9.17, 15) is 0 Å². The minimum Gasteiger partial charge on any atom is -0.376 e. The summed E-state index contributed by atoms with van der Waals surface area (Å²) in [6.45, 7) is 11.6. The number of thiophene rings is 1. The molecule has 0 atom stereocenters. The van der Waals surface area contributed by atoms with Gasteiger partial charge in [0.2, 0.25) is 0 Å². The monoisotopic (exact) mass is 330 g/mol. The van der Waals surface area contributed by atoms with Gasteiger partial charge in [-0.15, -0.1) is 24.5 Å². The molecule has 0 saturated carbocycles. The van der Waals surface area contributed by atoms with Gasteiger partial charge in [-0.2, -0.15) is 0 Å². The summed E-state index contributed by atoms with van der Waals surface area (Å²) in [4.78, 5) is 0. The lowest BCUT2D eigenvalue weighted by Crippen LogP contribution is -2.01. The van der Waals surface area contributed by atoms with Crippen molar-refractivity contribution in [2.75, 3.05) is 13.2 Å². The van der Waals surface area contributed by atoms with Crippen molar-refractivity contribution in [2.45, 2.75) is 30.9 Å². The summed E-state index contributed by atoms with van der Waals surface area (Å²) in [5, 5.41) is 2.14. The lowest BCUT2D eigenvalue weighted by Gasteiger charge is -2.04. The number of hydrogen-bond acceptors (Lipinski definition) is 3. The summed E-state index contributed by atoms with van der Waals surface area (Å²) < 4.78 is 6.84. The van der Waals surface area contributed by atoms with Crippen molar-refractivity contribution in [1.29, 1.82) is 0 Å². The van der Waals surface area contributed by atoms with Crippen molar-refractivity contribution in [3.8, 4) is 0 Å². The standard InChI is InChI=1S/C14H19ClOS2.C2H4/c1-3-5-12(6-4-2)10-16-8-7-13-9-14(18-15)17-11-13;1-2/h3,5-6,9,11H,4,7-8,10H2,1-2H3;1-2H2/b5-3-,12-6+;. The van der Waals surface area contributed by atoms with Gasteiger partial charge >= 0.3 is 0 Å². The molecule has 1 rings (SSSR count). The van der Waals surface area contributed by atoms with Gasteiger partial charge in [0, 0.05) is 0 Å². The second-order valence-electron chi connectivity index (χ2n) is 3.84. The average Bonchev–Trinajstić information content (AvgIpc) is 2.94. The van der Waals surface area contributed by atoms with Crippen LogP contribution in [0, 0.1) is 0 Å². The van der Waals surface area contributed by atoms with Gasteiger partial charge in [0.25, 0.3) is 0 Å². The molecule has 112 valence electrons. The first-order valence-corrected chi connectivity index (χ1v) is 9.07. The van der Waals surface area contributed by atoms with Crippen LogP contribution >= 0.6 is 33.0 Å². The van der Waals surface area contributed by atoms with E-state index in [1.165, 1.54) is 22.1 Å². The second-order valence-corrected chi connectivity index (χ2v) is 6.07. The maximum atomic E-state index is 5.69. The third-order valence-corrected chi connectivity index (χ3v) is 4.71. The lowest BCUT2D eigenvalue weighted by molar-refractivity contribution is 0.161. The summed E-state index contributed by atoms with van der Waals surface area (Å²) in [6.07, 6.45) is 8.35. The van der Waals surface area contributed by atoms with E-state index >= 15 is 0 Å². The van der Waals surface area contributed by atoms with Gasteiger partial charge in [0.05, 0.1) is 17.4 Å². The predicted molar refractivity (Wildman–Crippen MR) is 95.0 cm³/mol. The largest absolute Gasteiger partial charge is 0.376 e. The van der Waals surface area contributed by atoms with Crippen molar-refractivity contribution in [3.63, 3.8) is 0 Å². The van der Waals surface area contributed by atoms with Crippen molar-refractivity contribution in [2.24, 2.45) is 0 Å². The molecular formula is C16H23ClOS2. The second kappa shape index (κ2) is 13.5. The minimum absolute atomic E-state index is 0.694. The van der Waals surface area contributed by atoms with E-state index in [-0.39, 0.29) is 0 Å². The Bertz CT molecular complexity index is 410. The zero-order valence-electron chi connectivity index (χ0n) is 12.2. The Morgan fingerprint density at radius 2 is 2.25 bits per heavy atom. The van der Waals surface area contributed by atoms with Crippen LogP contribution in [-0.2, 0) is 11.2 Å². The Morgan fingerprint density at radius 1 is 1.50 bits per heavy atom. The molecule has 1 heterocycles. The first-order valence-electron chi connectivity index (χ1n) is 6.55. The number of hydrogen-bond donors (Lipinski definition) is 0. The van der Waals surface area contributed by atoms with Gasteiger partial charge < -0.3 is 4.74 Å². The summed E-state index contributed by atoms with van der Waals surface area (Å²) >= 11 is 1.68. The third-order valence-electron chi connectivity index (χ3n) is 2.36. The van der Waals surface area contributed by atoms with E-state index < -0.39 is 0 Å². The van der Waals surface area contributed by atoms with Crippen LogP contribution in [0.15, 0.2) is 52.6 Å². The van der Waals surface area contributed by atoms with Gasteiger partial charge in [-0.1, -0.05) is 25.2 Å². The molecule has 0 radical (unpaired) electrons. The molecule has 20 heavy (non-hydrogen) atoms. The fourth-order valence-electron chi connectivity index (χ4n) is 1.56. The minimum atomic E-state index is 0.694. The summed E-state index contributed by atoms with van der Waals surface area (Å²) in [6, 6.07) is 2.13. The average molecular weight is 331 g/mol. The number of allylic oxidation sites excluding steroid dienone is 2. The zero-order valence-corrected chi connectivity index (χ0v) is 14.6. The smallest absolute Gasteiger partial charge is 0.0759 e. The van der Waals surface area contributed by atoms with E-state index in [2.05, 4.69) is 43.7 Å². The van der Waals surface area contributed by atoms with Crippen LogP contribution in [-0.4, -0.2) is 13.2 Å². The van der Waals surface area contributed by atoms with Crippen LogP contribution < -0.4 is 0 Å². The molecule has 0 bridgehead atoms. The van der Waals surface area contributed by atoms with Crippen molar-refractivity contribution in [3.05, 3.63) is 54.0 Å². The highest BCUT2D eigenvalue weighted by Crippen LogP contribution is 2.29. The van der Waals surface area contributed by atoms with Crippen LogP contribution in [0.25, 0.3) is 0 Å². The summed E-state index contributed by atoms with van der Waals surface area (Å²) in [5.41, 5.74) is 2.55. The zero-order chi connectivity index (χ0) is 15.2. The van der Waals surface area contributed by atoms with Gasteiger partial charge in [0.15, 0.2) is 0 Å². The lowest BCUT2D eigenvalue weighted by atomic mass is 10.2. The Balaban J connectivity index is 0.00000172. The maximum Gasteiger partial charge on any atom is 0.0759 e. The SMILES string of the molecule is C/C=C\C(=C/CC)COCCc1csc(SCl)c1.C=C. The normalized spacial score (nSPS) is 11.4. The summed E-state index contributed by atoms with van der Waals surface area (Å²) in [5.74, 6) is 0. The molecule has 0 aliphatic heterocycles. The quantitative estimate of drug-likeness (QED) is 0.315. The van der Waals surface area contributed by atoms with E-state index in [1.807, 2.05) is 13.0 Å². The van der Waals surface area contributed by atoms with E-state index in [0.29, 0.717) is 6.61 Å². The Hall–Kier alpha value is -0.480. The maximum absolute atomic E-state index is 5.69. The van der Waals surface area contributed by atoms with Crippen molar-refractivity contribution >= 4 is 33.0 Å². The molecule has 0 amide bonds. The van der Waals surface area contributed by atoms with E-state index in [4.69, 9.17) is 15.4 Å². The molecule has 4 heteroatoms. The molecular weight excluding hydrogens is 308 g/mol. The molecule has 0 saturated heterocycles. The predicted octanol–water partition coefficient (Wildman–Crippen LogP) is 6.27. The molecule has 0 N–H and O–H groups in total. The Kier molecular flexibility index (Phi) is 13.2. The highest BCUT2D eigenvalue weighted by atomic mass is 35.7. The summed E-state index contributed by atoms with van der Waals surface area (Å²) in [7, 11) is 6.97. The molecule has 0 aliphatic carbocycles. The Morgan fingerprint density at radius 3 is 2.80 bits per heavy atom. The number of halogens is 1. The molecule has 0 aromatic carbocycles. The molecule has 0 spiro atoms. The first kappa shape index (κ1) is 19.5. The van der Waals surface area contributed by atoms with E-state index in [1.54, 1.807) is 11.3 Å². The fraction of sp³-hybridized carbons (Fsp3) is 0.375. The molecule has 1 aromatic rings. The molecule has 1 aromatic heterocycles. The molecule has 0 aliphatic rings. The Labute approximate surface area is 135 Å². The van der Waals surface area contributed by atoms with Crippen LogP contribution in [0.1, 0.15) is 25.8 Å². The molecule has 0 unspecified atom stereocenters. The van der Waals surface area contributed by atoms with Crippen molar-refractivity contribution < 1.29 is 4.74 Å². The van der Waals surface area contributed by atoms with Gasteiger partial charge in [-0.3, -0.25) is 0 Å². The highest BCUT2D eigenvalue weighted by Gasteiger charge is 2.00. The molecule has 0 fully saturated rings. The van der Waals surface area contributed by atoms with Crippen LogP contribution in [0.4, 0.5) is 0 Å². The van der Waals surface area contributed by atoms with Crippen LogP contribution in [0.5, 0.6) is 0 Å². The van der Waals surface area contributed by atoms with Gasteiger partial charge in [-0.05, 0) is 64.0 Å². The third kappa shape index (κ3) is 8.64. The molecule has 1 nitrogen and oxygen atoms in total. The van der Waals surface area contributed by atoms with Crippen LogP contribution in [0.3, 0.4) is 0 Å². The van der Waals surface area contributed by atoms with Gasteiger partial charge in [-0.25, -0.2) is 0 Å². The van der Waals surface area contributed by atoms with Crippen LogP contribution in [0.2, 0.25) is 0 Å². The van der Waals surface area contributed by atoms with Crippen molar-refractivity contribution in [1.82, 2.24) is 0 Å².